The van der Waals surface area contributed by atoms with Gasteiger partial charge in [0.25, 0.3) is 0 Å². The lowest BCUT2D eigenvalue weighted by atomic mass is 9.90. The third-order valence-electron chi connectivity index (χ3n) is 2.57. The second-order valence-electron chi connectivity index (χ2n) is 3.85. The molecule has 1 saturated carbocycles. The zero-order valence-electron chi connectivity index (χ0n) is 8.98. The smallest absolute Gasteiger partial charge is 0.161 e. The Kier molecular flexibility index (Phi) is 3.11. The maximum absolute atomic E-state index is 5.80. The molecule has 2 rings (SSSR count). The largest absolute Gasteiger partial charge is 0.490 e. The van der Waals surface area contributed by atoms with Crippen molar-refractivity contribution in [1.29, 1.82) is 0 Å². The maximum Gasteiger partial charge on any atom is 0.161 e. The molecule has 1 aromatic rings. The molecular formula is C12H17NO2. The summed E-state index contributed by atoms with van der Waals surface area (Å²) >= 11 is 0. The molecule has 3 nitrogen and oxygen atoms in total. The van der Waals surface area contributed by atoms with Crippen LogP contribution in [-0.2, 0) is 0 Å². The van der Waals surface area contributed by atoms with E-state index >= 15 is 0 Å². The van der Waals surface area contributed by atoms with E-state index in [1.807, 2.05) is 31.2 Å². The van der Waals surface area contributed by atoms with Crippen molar-refractivity contribution in [3.8, 4) is 11.5 Å². The van der Waals surface area contributed by atoms with Crippen LogP contribution in [0.1, 0.15) is 19.8 Å². The van der Waals surface area contributed by atoms with E-state index in [9.17, 15) is 0 Å². The number of nitrogens with two attached hydrogens (primary N) is 1. The average molecular weight is 207 g/mol. The Balaban J connectivity index is 2.00. The lowest BCUT2D eigenvalue weighted by Gasteiger charge is -2.32. The van der Waals surface area contributed by atoms with Gasteiger partial charge in [-0.1, -0.05) is 12.1 Å². The maximum atomic E-state index is 5.80. The van der Waals surface area contributed by atoms with E-state index in [1.165, 1.54) is 0 Å². The Bertz CT molecular complexity index is 321. The minimum atomic E-state index is 0.265. The summed E-state index contributed by atoms with van der Waals surface area (Å²) in [7, 11) is 0. The van der Waals surface area contributed by atoms with Crippen LogP contribution in [-0.4, -0.2) is 18.8 Å². The first-order chi connectivity index (χ1) is 7.29. The van der Waals surface area contributed by atoms with Gasteiger partial charge in [-0.25, -0.2) is 0 Å². The third kappa shape index (κ3) is 2.42. The molecule has 0 radical (unpaired) electrons. The fourth-order valence-electron chi connectivity index (χ4n) is 1.70. The topological polar surface area (TPSA) is 44.5 Å². The van der Waals surface area contributed by atoms with E-state index in [0.717, 1.165) is 24.3 Å². The molecule has 0 amide bonds. The monoisotopic (exact) mass is 207 g/mol. The summed E-state index contributed by atoms with van der Waals surface area (Å²) in [6.07, 6.45) is 2.16. The van der Waals surface area contributed by atoms with Gasteiger partial charge >= 0.3 is 0 Å². The van der Waals surface area contributed by atoms with E-state index in [2.05, 4.69) is 0 Å². The SMILES string of the molecule is CCOc1ccccc1OC1CC(N)C1. The van der Waals surface area contributed by atoms with E-state index in [1.54, 1.807) is 0 Å². The van der Waals surface area contributed by atoms with Crippen molar-refractivity contribution in [3.05, 3.63) is 24.3 Å². The van der Waals surface area contributed by atoms with Crippen molar-refractivity contribution in [2.45, 2.75) is 31.9 Å². The zero-order chi connectivity index (χ0) is 10.7. The predicted octanol–water partition coefficient (Wildman–Crippen LogP) is 1.95. The lowest BCUT2D eigenvalue weighted by molar-refractivity contribution is 0.0964. The number of rotatable bonds is 4. The highest BCUT2D eigenvalue weighted by Crippen LogP contribution is 2.31. The summed E-state index contributed by atoms with van der Waals surface area (Å²) in [5.74, 6) is 1.65. The van der Waals surface area contributed by atoms with Crippen LogP contribution in [0.3, 0.4) is 0 Å². The number of para-hydroxylation sites is 2. The number of hydrogen-bond acceptors (Lipinski definition) is 3. The molecule has 0 bridgehead atoms. The summed E-state index contributed by atoms with van der Waals surface area (Å²) < 4.78 is 11.3. The summed E-state index contributed by atoms with van der Waals surface area (Å²) in [6, 6.07) is 8.09. The van der Waals surface area contributed by atoms with E-state index in [-0.39, 0.29) is 6.10 Å². The van der Waals surface area contributed by atoms with Crippen LogP contribution >= 0.6 is 0 Å². The Morgan fingerprint density at radius 2 is 1.93 bits per heavy atom. The van der Waals surface area contributed by atoms with Crippen LogP contribution < -0.4 is 15.2 Å². The summed E-state index contributed by atoms with van der Waals surface area (Å²) in [6.45, 7) is 2.63. The molecule has 82 valence electrons. The minimum absolute atomic E-state index is 0.265. The fourth-order valence-corrected chi connectivity index (χ4v) is 1.70. The molecule has 0 heterocycles. The molecule has 1 aliphatic rings. The molecule has 1 fully saturated rings. The van der Waals surface area contributed by atoms with E-state index < -0.39 is 0 Å². The highest BCUT2D eigenvalue weighted by atomic mass is 16.5. The number of hydrogen-bond donors (Lipinski definition) is 1. The second-order valence-corrected chi connectivity index (χ2v) is 3.85. The third-order valence-corrected chi connectivity index (χ3v) is 2.57. The van der Waals surface area contributed by atoms with E-state index in [4.69, 9.17) is 15.2 Å². The summed E-state index contributed by atoms with van der Waals surface area (Å²) in [4.78, 5) is 0. The van der Waals surface area contributed by atoms with Crippen LogP contribution in [0.15, 0.2) is 24.3 Å². The van der Waals surface area contributed by atoms with Crippen molar-refractivity contribution >= 4 is 0 Å². The molecule has 0 atom stereocenters. The van der Waals surface area contributed by atoms with Crippen LogP contribution in [0, 0.1) is 0 Å². The Morgan fingerprint density at radius 3 is 2.53 bits per heavy atom. The standard InChI is InChI=1S/C12H17NO2/c1-2-14-11-5-3-4-6-12(11)15-10-7-9(13)8-10/h3-6,9-10H,2,7-8,13H2,1H3. The average Bonchev–Trinajstić information content (AvgIpc) is 2.19. The van der Waals surface area contributed by atoms with Crippen LogP contribution in [0.5, 0.6) is 11.5 Å². The molecule has 1 aromatic carbocycles. The van der Waals surface area contributed by atoms with Crippen molar-refractivity contribution in [2.75, 3.05) is 6.61 Å². The number of benzene rings is 1. The van der Waals surface area contributed by atoms with Gasteiger partial charge in [-0.2, -0.15) is 0 Å². The van der Waals surface area contributed by atoms with Crippen molar-refractivity contribution in [2.24, 2.45) is 5.73 Å². The molecule has 1 aliphatic carbocycles. The van der Waals surface area contributed by atoms with Crippen LogP contribution in [0.4, 0.5) is 0 Å². The van der Waals surface area contributed by atoms with Gasteiger partial charge in [0.15, 0.2) is 11.5 Å². The van der Waals surface area contributed by atoms with Gasteiger partial charge in [0.05, 0.1) is 6.61 Å². The first-order valence-electron chi connectivity index (χ1n) is 5.43. The van der Waals surface area contributed by atoms with Gasteiger partial charge < -0.3 is 15.2 Å². The highest BCUT2D eigenvalue weighted by molar-refractivity contribution is 5.39. The van der Waals surface area contributed by atoms with Crippen molar-refractivity contribution in [3.63, 3.8) is 0 Å². The zero-order valence-corrected chi connectivity index (χ0v) is 8.98. The van der Waals surface area contributed by atoms with Crippen molar-refractivity contribution < 1.29 is 9.47 Å². The van der Waals surface area contributed by atoms with Gasteiger partial charge in [0.1, 0.15) is 6.10 Å². The Morgan fingerprint density at radius 1 is 1.27 bits per heavy atom. The molecule has 15 heavy (non-hydrogen) atoms. The second kappa shape index (κ2) is 4.53. The number of ether oxygens (including phenoxy) is 2. The van der Waals surface area contributed by atoms with Gasteiger partial charge in [-0.15, -0.1) is 0 Å². The van der Waals surface area contributed by atoms with Gasteiger partial charge in [-0.05, 0) is 31.9 Å². The Labute approximate surface area is 90.2 Å². The molecule has 0 spiro atoms. The van der Waals surface area contributed by atoms with Crippen molar-refractivity contribution in [1.82, 2.24) is 0 Å². The lowest BCUT2D eigenvalue weighted by Crippen LogP contribution is -2.43. The molecular weight excluding hydrogens is 190 g/mol. The molecule has 0 saturated heterocycles. The first kappa shape index (κ1) is 10.3. The molecule has 0 aliphatic heterocycles. The Hall–Kier alpha value is -1.22. The summed E-state index contributed by atoms with van der Waals surface area (Å²) in [5.41, 5.74) is 5.71. The highest BCUT2D eigenvalue weighted by Gasteiger charge is 2.28. The minimum Gasteiger partial charge on any atom is -0.490 e. The van der Waals surface area contributed by atoms with Gasteiger partial charge in [-0.3, -0.25) is 0 Å². The quantitative estimate of drug-likeness (QED) is 0.820. The van der Waals surface area contributed by atoms with Gasteiger partial charge in [0.2, 0.25) is 0 Å². The molecule has 3 heteroatoms. The van der Waals surface area contributed by atoms with Gasteiger partial charge in [0, 0.05) is 6.04 Å². The van der Waals surface area contributed by atoms with E-state index in [0.29, 0.717) is 12.6 Å². The van der Waals surface area contributed by atoms with Crippen LogP contribution in [0.2, 0.25) is 0 Å². The summed E-state index contributed by atoms with van der Waals surface area (Å²) in [5, 5.41) is 0. The first-order valence-corrected chi connectivity index (χ1v) is 5.43. The fraction of sp³-hybridized carbons (Fsp3) is 0.500. The predicted molar refractivity (Wildman–Crippen MR) is 59.2 cm³/mol. The van der Waals surface area contributed by atoms with Crippen LogP contribution in [0.25, 0.3) is 0 Å². The normalized spacial score (nSPS) is 24.4. The molecule has 0 aromatic heterocycles. The molecule has 2 N–H and O–H groups in total. The molecule has 0 unspecified atom stereocenters.